The number of nitro benzene ring substituents is 1. The molecule has 2 heterocycles. The van der Waals surface area contributed by atoms with Gasteiger partial charge in [0.05, 0.1) is 16.5 Å². The fourth-order valence-corrected chi connectivity index (χ4v) is 3.27. The summed E-state index contributed by atoms with van der Waals surface area (Å²) in [7, 11) is 0. The highest BCUT2D eigenvalue weighted by molar-refractivity contribution is 5.69. The predicted octanol–water partition coefficient (Wildman–Crippen LogP) is 2.18. The van der Waals surface area contributed by atoms with Gasteiger partial charge in [0.25, 0.3) is 5.69 Å². The molecule has 0 spiro atoms. The number of amides is 1. The molecule has 1 aromatic carbocycles. The Balaban J connectivity index is 1.86. The van der Waals surface area contributed by atoms with Crippen LogP contribution in [0.2, 0.25) is 0 Å². The molecule has 0 aliphatic carbocycles. The van der Waals surface area contributed by atoms with Crippen molar-refractivity contribution >= 4 is 23.5 Å². The van der Waals surface area contributed by atoms with Crippen molar-refractivity contribution in [2.45, 2.75) is 18.5 Å². The monoisotopic (exact) mass is 289 g/mol. The van der Waals surface area contributed by atoms with Crippen LogP contribution in [0.25, 0.3) is 6.08 Å². The van der Waals surface area contributed by atoms with Crippen LogP contribution in [0.4, 0.5) is 16.2 Å². The van der Waals surface area contributed by atoms with Gasteiger partial charge >= 0.3 is 6.09 Å². The van der Waals surface area contributed by atoms with E-state index in [-0.39, 0.29) is 17.8 Å². The third kappa shape index (κ3) is 2.10. The standard InChI is InChI=1S/C14H15N3O4/c1-2-9-5-10(3-4-13(9)17(20)21)15-7-12-6-11(15)8-16(12)14(18)19/h2-5,11-12H,1,6-8H2,(H,18,19)/t11-,12-/m0/s1. The Bertz CT molecular complexity index is 631. The largest absolute Gasteiger partial charge is 0.465 e. The van der Waals surface area contributed by atoms with Gasteiger partial charge < -0.3 is 14.9 Å². The maximum absolute atomic E-state index is 11.1. The van der Waals surface area contributed by atoms with E-state index in [0.717, 1.165) is 12.1 Å². The van der Waals surface area contributed by atoms with E-state index in [0.29, 0.717) is 18.7 Å². The summed E-state index contributed by atoms with van der Waals surface area (Å²) in [5.41, 5.74) is 1.40. The minimum atomic E-state index is -0.877. The molecule has 2 atom stereocenters. The minimum absolute atomic E-state index is 0.00914. The first-order chi connectivity index (χ1) is 10.0. The van der Waals surface area contributed by atoms with Gasteiger partial charge in [-0.1, -0.05) is 12.7 Å². The molecule has 2 fully saturated rings. The zero-order valence-electron chi connectivity index (χ0n) is 11.3. The van der Waals surface area contributed by atoms with Gasteiger partial charge in [-0.05, 0) is 18.6 Å². The average Bonchev–Trinajstić information content (AvgIpc) is 3.06. The number of nitro groups is 1. The zero-order chi connectivity index (χ0) is 15.1. The number of anilines is 1. The van der Waals surface area contributed by atoms with Crippen LogP contribution < -0.4 is 4.90 Å². The number of benzene rings is 1. The topological polar surface area (TPSA) is 86.9 Å². The first-order valence-corrected chi connectivity index (χ1v) is 6.68. The molecular formula is C14H15N3O4. The summed E-state index contributed by atoms with van der Waals surface area (Å²) in [4.78, 5) is 25.2. The Hall–Kier alpha value is -2.57. The maximum Gasteiger partial charge on any atom is 0.407 e. The highest BCUT2D eigenvalue weighted by Gasteiger charge is 2.45. The summed E-state index contributed by atoms with van der Waals surface area (Å²) in [6, 6.07) is 5.10. The van der Waals surface area contributed by atoms with Crippen molar-refractivity contribution < 1.29 is 14.8 Å². The van der Waals surface area contributed by atoms with Gasteiger partial charge in [0.1, 0.15) is 0 Å². The van der Waals surface area contributed by atoms with Crippen molar-refractivity contribution in [2.24, 2.45) is 0 Å². The number of piperazine rings is 1. The second-order valence-corrected chi connectivity index (χ2v) is 5.33. The quantitative estimate of drug-likeness (QED) is 0.680. The molecule has 0 radical (unpaired) electrons. The smallest absolute Gasteiger partial charge is 0.407 e. The lowest BCUT2D eigenvalue weighted by molar-refractivity contribution is -0.385. The molecule has 3 rings (SSSR count). The second-order valence-electron chi connectivity index (χ2n) is 5.33. The Morgan fingerprint density at radius 1 is 1.43 bits per heavy atom. The van der Waals surface area contributed by atoms with E-state index >= 15 is 0 Å². The molecule has 2 aliphatic heterocycles. The Kier molecular flexibility index (Phi) is 3.04. The minimum Gasteiger partial charge on any atom is -0.465 e. The van der Waals surface area contributed by atoms with E-state index in [2.05, 4.69) is 11.5 Å². The number of carboxylic acid groups (broad SMARTS) is 1. The third-order valence-electron chi connectivity index (χ3n) is 4.25. The van der Waals surface area contributed by atoms with Gasteiger partial charge in [-0.25, -0.2) is 4.79 Å². The van der Waals surface area contributed by atoms with Gasteiger partial charge in [0, 0.05) is 30.9 Å². The molecule has 2 saturated heterocycles. The van der Waals surface area contributed by atoms with Crippen LogP contribution in [0.15, 0.2) is 24.8 Å². The fourth-order valence-electron chi connectivity index (χ4n) is 3.27. The summed E-state index contributed by atoms with van der Waals surface area (Å²) in [6.45, 7) is 4.73. The third-order valence-corrected chi connectivity index (χ3v) is 4.25. The summed E-state index contributed by atoms with van der Waals surface area (Å²) >= 11 is 0. The Morgan fingerprint density at radius 2 is 2.19 bits per heavy atom. The highest BCUT2D eigenvalue weighted by atomic mass is 16.6. The van der Waals surface area contributed by atoms with E-state index in [1.807, 2.05) is 0 Å². The van der Waals surface area contributed by atoms with Crippen LogP contribution >= 0.6 is 0 Å². The van der Waals surface area contributed by atoms with Crippen LogP contribution in [-0.4, -0.2) is 46.2 Å². The van der Waals surface area contributed by atoms with Gasteiger partial charge in [0.2, 0.25) is 0 Å². The van der Waals surface area contributed by atoms with E-state index in [9.17, 15) is 14.9 Å². The van der Waals surface area contributed by atoms with Crippen molar-refractivity contribution in [3.63, 3.8) is 0 Å². The molecule has 7 nitrogen and oxygen atoms in total. The van der Waals surface area contributed by atoms with Gasteiger partial charge in [0.15, 0.2) is 0 Å². The van der Waals surface area contributed by atoms with Crippen molar-refractivity contribution in [1.82, 2.24) is 4.90 Å². The van der Waals surface area contributed by atoms with Crippen molar-refractivity contribution in [1.29, 1.82) is 0 Å². The Morgan fingerprint density at radius 3 is 2.71 bits per heavy atom. The average molecular weight is 289 g/mol. The van der Waals surface area contributed by atoms with Crippen LogP contribution in [0.1, 0.15) is 12.0 Å². The molecule has 110 valence electrons. The summed E-state index contributed by atoms with van der Waals surface area (Å²) in [5.74, 6) is 0. The second kappa shape index (κ2) is 4.76. The summed E-state index contributed by atoms with van der Waals surface area (Å²) in [6.07, 6.45) is 1.41. The van der Waals surface area contributed by atoms with E-state index < -0.39 is 11.0 Å². The summed E-state index contributed by atoms with van der Waals surface area (Å²) < 4.78 is 0. The van der Waals surface area contributed by atoms with Gasteiger partial charge in [-0.15, -0.1) is 0 Å². The predicted molar refractivity (Wildman–Crippen MR) is 77.5 cm³/mol. The molecule has 0 saturated carbocycles. The Labute approximate surface area is 121 Å². The van der Waals surface area contributed by atoms with Crippen LogP contribution in [0.3, 0.4) is 0 Å². The number of likely N-dealkylation sites (tertiary alicyclic amines) is 1. The summed E-state index contributed by atoms with van der Waals surface area (Å²) in [5, 5.41) is 20.0. The van der Waals surface area contributed by atoms with Crippen molar-refractivity contribution in [2.75, 3.05) is 18.0 Å². The van der Waals surface area contributed by atoms with E-state index in [1.165, 1.54) is 17.0 Å². The first-order valence-electron chi connectivity index (χ1n) is 6.68. The molecule has 1 N–H and O–H groups in total. The van der Waals surface area contributed by atoms with E-state index in [1.54, 1.807) is 12.1 Å². The number of carbonyl (C=O) groups is 1. The molecule has 2 bridgehead atoms. The van der Waals surface area contributed by atoms with E-state index in [4.69, 9.17) is 5.11 Å². The molecule has 21 heavy (non-hydrogen) atoms. The van der Waals surface area contributed by atoms with Gasteiger partial charge in [-0.2, -0.15) is 0 Å². The molecule has 0 unspecified atom stereocenters. The van der Waals surface area contributed by atoms with Crippen LogP contribution in [0, 0.1) is 10.1 Å². The SMILES string of the molecule is C=Cc1cc(N2C[C@@H]3C[C@H]2CN3C(=O)O)ccc1[N+](=O)[O-]. The highest BCUT2D eigenvalue weighted by Crippen LogP contribution is 2.36. The first kappa shape index (κ1) is 13.4. The lowest BCUT2D eigenvalue weighted by Crippen LogP contribution is -2.48. The number of nitrogens with zero attached hydrogens (tertiary/aromatic N) is 3. The molecule has 1 aromatic rings. The molecular weight excluding hydrogens is 274 g/mol. The van der Waals surface area contributed by atoms with Crippen molar-refractivity contribution in [3.8, 4) is 0 Å². The number of hydrogen-bond donors (Lipinski definition) is 1. The normalized spacial score (nSPS) is 23.4. The van der Waals surface area contributed by atoms with Crippen molar-refractivity contribution in [3.05, 3.63) is 40.5 Å². The zero-order valence-corrected chi connectivity index (χ0v) is 11.3. The van der Waals surface area contributed by atoms with Crippen LogP contribution in [-0.2, 0) is 0 Å². The van der Waals surface area contributed by atoms with Crippen LogP contribution in [0.5, 0.6) is 0 Å². The molecule has 0 aromatic heterocycles. The number of hydrogen-bond acceptors (Lipinski definition) is 4. The fraction of sp³-hybridized carbons (Fsp3) is 0.357. The number of rotatable bonds is 3. The molecule has 1 amide bonds. The lowest BCUT2D eigenvalue weighted by Gasteiger charge is -2.34. The lowest BCUT2D eigenvalue weighted by atomic mass is 10.1. The molecule has 7 heteroatoms. The maximum atomic E-state index is 11.1. The van der Waals surface area contributed by atoms with Gasteiger partial charge in [-0.3, -0.25) is 10.1 Å². The molecule has 2 aliphatic rings. The number of fused-ring (bicyclic) bond motifs is 2.